The molecule has 0 aliphatic heterocycles. The standard InChI is InChI=1S/C14H26N2O3/c1-11(2)8-9-15(3)14(19)16(10-13(17)18)12-6-4-5-7-12/h11-12H,4-10H2,1-3H3,(H,17,18). The number of carbonyl (C=O) groups is 2. The highest BCUT2D eigenvalue weighted by atomic mass is 16.4. The number of rotatable bonds is 6. The van der Waals surface area contributed by atoms with Gasteiger partial charge in [0.1, 0.15) is 6.54 Å². The van der Waals surface area contributed by atoms with Crippen LogP contribution < -0.4 is 0 Å². The second kappa shape index (κ2) is 7.36. The summed E-state index contributed by atoms with van der Waals surface area (Å²) in [5, 5.41) is 8.98. The van der Waals surface area contributed by atoms with E-state index in [1.54, 1.807) is 11.9 Å². The highest BCUT2D eigenvalue weighted by Gasteiger charge is 2.30. The molecule has 1 aliphatic rings. The molecule has 0 bridgehead atoms. The van der Waals surface area contributed by atoms with E-state index in [9.17, 15) is 9.59 Å². The van der Waals surface area contributed by atoms with E-state index in [1.165, 1.54) is 4.90 Å². The molecule has 0 radical (unpaired) electrons. The van der Waals surface area contributed by atoms with Gasteiger partial charge in [-0.3, -0.25) is 4.79 Å². The molecule has 5 nitrogen and oxygen atoms in total. The van der Waals surface area contributed by atoms with Crippen LogP contribution in [0.3, 0.4) is 0 Å². The van der Waals surface area contributed by atoms with Gasteiger partial charge in [0.25, 0.3) is 0 Å². The first-order valence-corrected chi connectivity index (χ1v) is 7.15. The SMILES string of the molecule is CC(C)CCN(C)C(=O)N(CC(=O)O)C1CCCC1. The molecule has 0 spiro atoms. The van der Waals surface area contributed by atoms with Crippen LogP contribution in [0, 0.1) is 5.92 Å². The van der Waals surface area contributed by atoms with E-state index >= 15 is 0 Å². The molecule has 0 atom stereocenters. The van der Waals surface area contributed by atoms with Crippen LogP contribution in [0.1, 0.15) is 46.0 Å². The molecule has 110 valence electrons. The van der Waals surface area contributed by atoms with E-state index in [0.717, 1.165) is 32.1 Å². The Labute approximate surface area is 115 Å². The van der Waals surface area contributed by atoms with Gasteiger partial charge in [0.05, 0.1) is 0 Å². The zero-order valence-corrected chi connectivity index (χ0v) is 12.3. The Morgan fingerprint density at radius 1 is 1.26 bits per heavy atom. The van der Waals surface area contributed by atoms with Crippen LogP contribution in [0.5, 0.6) is 0 Å². The van der Waals surface area contributed by atoms with E-state index in [2.05, 4.69) is 13.8 Å². The van der Waals surface area contributed by atoms with Gasteiger partial charge in [0.15, 0.2) is 0 Å². The van der Waals surface area contributed by atoms with Gasteiger partial charge in [-0.25, -0.2) is 4.79 Å². The maximum absolute atomic E-state index is 12.4. The Balaban J connectivity index is 2.61. The average Bonchev–Trinajstić information content (AvgIpc) is 2.85. The summed E-state index contributed by atoms with van der Waals surface area (Å²) in [7, 11) is 1.76. The van der Waals surface area contributed by atoms with Crippen molar-refractivity contribution in [3.8, 4) is 0 Å². The smallest absolute Gasteiger partial charge is 0.323 e. The molecular formula is C14H26N2O3. The highest BCUT2D eigenvalue weighted by molar-refractivity contribution is 5.80. The third kappa shape index (κ3) is 5.09. The Morgan fingerprint density at radius 2 is 1.84 bits per heavy atom. The summed E-state index contributed by atoms with van der Waals surface area (Å²) in [6, 6.07) is -0.0416. The molecule has 1 rings (SSSR count). The number of aliphatic carboxylic acids is 1. The minimum Gasteiger partial charge on any atom is -0.480 e. The van der Waals surface area contributed by atoms with Crippen LogP contribution >= 0.6 is 0 Å². The predicted molar refractivity (Wildman–Crippen MR) is 74.1 cm³/mol. The van der Waals surface area contributed by atoms with Crippen molar-refractivity contribution < 1.29 is 14.7 Å². The van der Waals surface area contributed by atoms with Crippen LogP contribution in [-0.2, 0) is 4.79 Å². The molecule has 0 unspecified atom stereocenters. The first kappa shape index (κ1) is 15.8. The van der Waals surface area contributed by atoms with Crippen molar-refractivity contribution in [2.24, 2.45) is 5.92 Å². The lowest BCUT2D eigenvalue weighted by molar-refractivity contribution is -0.138. The predicted octanol–water partition coefficient (Wildman–Crippen LogP) is 2.41. The number of nitrogens with zero attached hydrogens (tertiary/aromatic N) is 2. The van der Waals surface area contributed by atoms with Crippen molar-refractivity contribution in [3.05, 3.63) is 0 Å². The molecule has 0 heterocycles. The molecule has 5 heteroatoms. The summed E-state index contributed by atoms with van der Waals surface area (Å²) in [6.07, 6.45) is 4.97. The number of hydrogen-bond acceptors (Lipinski definition) is 2. The Hall–Kier alpha value is -1.26. The van der Waals surface area contributed by atoms with Crippen LogP contribution in [0.15, 0.2) is 0 Å². The van der Waals surface area contributed by atoms with E-state index < -0.39 is 5.97 Å². The third-order valence-electron chi connectivity index (χ3n) is 3.69. The topological polar surface area (TPSA) is 60.9 Å². The fourth-order valence-corrected chi connectivity index (χ4v) is 2.48. The van der Waals surface area contributed by atoms with Gasteiger partial charge in [0, 0.05) is 19.6 Å². The minimum absolute atomic E-state index is 0.102. The van der Waals surface area contributed by atoms with Gasteiger partial charge in [-0.1, -0.05) is 26.7 Å². The molecule has 0 aromatic heterocycles. The van der Waals surface area contributed by atoms with Crippen LogP contribution in [-0.4, -0.2) is 53.1 Å². The summed E-state index contributed by atoms with van der Waals surface area (Å²) in [5.41, 5.74) is 0. The fourth-order valence-electron chi connectivity index (χ4n) is 2.48. The maximum Gasteiger partial charge on any atom is 0.323 e. The lowest BCUT2D eigenvalue weighted by Crippen LogP contribution is -2.48. The molecule has 2 amide bonds. The number of carbonyl (C=O) groups excluding carboxylic acids is 1. The second-order valence-corrected chi connectivity index (χ2v) is 5.85. The van der Waals surface area contributed by atoms with Crippen LogP contribution in [0.4, 0.5) is 4.79 Å². The van der Waals surface area contributed by atoms with Crippen LogP contribution in [0.2, 0.25) is 0 Å². The van der Waals surface area contributed by atoms with Gasteiger partial charge >= 0.3 is 12.0 Å². The Morgan fingerprint density at radius 3 is 2.32 bits per heavy atom. The third-order valence-corrected chi connectivity index (χ3v) is 3.69. The van der Waals surface area contributed by atoms with E-state index in [4.69, 9.17) is 5.11 Å². The zero-order valence-electron chi connectivity index (χ0n) is 12.3. The van der Waals surface area contributed by atoms with Gasteiger partial charge in [-0.05, 0) is 25.2 Å². The fraction of sp³-hybridized carbons (Fsp3) is 0.857. The summed E-state index contributed by atoms with van der Waals surface area (Å²) in [4.78, 5) is 26.5. The number of carboxylic acids is 1. The minimum atomic E-state index is -0.933. The quantitative estimate of drug-likeness (QED) is 0.806. The van der Waals surface area contributed by atoms with E-state index in [1.807, 2.05) is 0 Å². The Kier molecular flexibility index (Phi) is 6.12. The highest BCUT2D eigenvalue weighted by Crippen LogP contribution is 2.24. The molecule has 0 aromatic carbocycles. The lowest BCUT2D eigenvalue weighted by atomic mass is 10.1. The molecular weight excluding hydrogens is 244 g/mol. The average molecular weight is 270 g/mol. The van der Waals surface area contributed by atoms with Gasteiger partial charge in [-0.2, -0.15) is 0 Å². The van der Waals surface area contributed by atoms with Crippen LogP contribution in [0.25, 0.3) is 0 Å². The molecule has 0 aromatic rings. The van der Waals surface area contributed by atoms with Crippen molar-refractivity contribution in [2.45, 2.75) is 52.0 Å². The van der Waals surface area contributed by atoms with Gasteiger partial charge < -0.3 is 14.9 Å². The first-order chi connectivity index (χ1) is 8.91. The number of hydrogen-bond donors (Lipinski definition) is 1. The van der Waals surface area contributed by atoms with E-state index in [0.29, 0.717) is 12.5 Å². The van der Waals surface area contributed by atoms with Crippen molar-refractivity contribution >= 4 is 12.0 Å². The Bertz CT molecular complexity index is 312. The van der Waals surface area contributed by atoms with Crippen molar-refractivity contribution in [2.75, 3.05) is 20.1 Å². The number of amides is 2. The largest absolute Gasteiger partial charge is 0.480 e. The van der Waals surface area contributed by atoms with Crippen molar-refractivity contribution in [1.82, 2.24) is 9.80 Å². The summed E-state index contributed by atoms with van der Waals surface area (Å²) >= 11 is 0. The molecule has 1 saturated carbocycles. The number of urea groups is 1. The molecule has 1 fully saturated rings. The normalized spacial score (nSPS) is 15.8. The molecule has 0 saturated heterocycles. The summed E-state index contributed by atoms with van der Waals surface area (Å²) < 4.78 is 0. The lowest BCUT2D eigenvalue weighted by Gasteiger charge is -2.32. The maximum atomic E-state index is 12.4. The van der Waals surface area contributed by atoms with E-state index in [-0.39, 0.29) is 18.6 Å². The molecule has 1 N–H and O–H groups in total. The zero-order chi connectivity index (χ0) is 14.4. The summed E-state index contributed by atoms with van der Waals surface area (Å²) in [5.74, 6) is -0.396. The molecule has 1 aliphatic carbocycles. The van der Waals surface area contributed by atoms with Crippen molar-refractivity contribution in [1.29, 1.82) is 0 Å². The monoisotopic (exact) mass is 270 g/mol. The number of carboxylic acid groups (broad SMARTS) is 1. The second-order valence-electron chi connectivity index (χ2n) is 5.85. The van der Waals surface area contributed by atoms with Crippen molar-refractivity contribution in [3.63, 3.8) is 0 Å². The summed E-state index contributed by atoms with van der Waals surface area (Å²) in [6.45, 7) is 4.73. The molecule has 19 heavy (non-hydrogen) atoms. The van der Waals surface area contributed by atoms with Gasteiger partial charge in [0.2, 0.25) is 0 Å². The first-order valence-electron chi connectivity index (χ1n) is 7.15. The van der Waals surface area contributed by atoms with Gasteiger partial charge in [-0.15, -0.1) is 0 Å².